The lowest BCUT2D eigenvalue weighted by Gasteiger charge is -2.10. The molecule has 5 nitrogen and oxygen atoms in total. The van der Waals surface area contributed by atoms with E-state index >= 15 is 0 Å². The molecule has 27 heavy (non-hydrogen) atoms. The van der Waals surface area contributed by atoms with Crippen LogP contribution in [0, 0.1) is 0 Å². The van der Waals surface area contributed by atoms with E-state index in [1.54, 1.807) is 28.4 Å². The van der Waals surface area contributed by atoms with Gasteiger partial charge in [-0.2, -0.15) is 0 Å². The molecular weight excluding hydrogens is 344 g/mol. The van der Waals surface area contributed by atoms with E-state index in [9.17, 15) is 0 Å². The molecule has 0 aromatic heterocycles. The Kier molecular flexibility index (Phi) is 8.78. The lowest BCUT2D eigenvalue weighted by Crippen LogP contribution is -2.01. The maximum atomic E-state index is 5.78. The second kappa shape index (κ2) is 11.3. The first-order valence-electron chi connectivity index (χ1n) is 9.20. The van der Waals surface area contributed by atoms with Crippen LogP contribution in [0.4, 0.5) is 0 Å². The van der Waals surface area contributed by atoms with Gasteiger partial charge < -0.3 is 23.7 Å². The SMILES string of the molecule is COc1cc(CCCOCCCc2cc(OC)cc(OC)c2)cc(OC)c1. The summed E-state index contributed by atoms with van der Waals surface area (Å²) in [5, 5.41) is 0. The van der Waals surface area contributed by atoms with Gasteiger partial charge in [-0.15, -0.1) is 0 Å². The van der Waals surface area contributed by atoms with Crippen LogP contribution in [0.2, 0.25) is 0 Å². The van der Waals surface area contributed by atoms with Gasteiger partial charge in [0, 0.05) is 25.3 Å². The Labute approximate surface area is 162 Å². The molecule has 2 rings (SSSR count). The van der Waals surface area contributed by atoms with Crippen molar-refractivity contribution in [3.8, 4) is 23.0 Å². The molecule has 0 aliphatic rings. The number of rotatable bonds is 12. The van der Waals surface area contributed by atoms with Gasteiger partial charge in [0.15, 0.2) is 0 Å². The van der Waals surface area contributed by atoms with Gasteiger partial charge in [0.1, 0.15) is 23.0 Å². The molecule has 0 aliphatic carbocycles. The van der Waals surface area contributed by atoms with Crippen molar-refractivity contribution in [2.75, 3.05) is 41.7 Å². The fraction of sp³-hybridized carbons (Fsp3) is 0.455. The highest BCUT2D eigenvalue weighted by atomic mass is 16.5. The molecule has 0 unspecified atom stereocenters. The normalized spacial score (nSPS) is 10.5. The van der Waals surface area contributed by atoms with Crippen LogP contribution < -0.4 is 18.9 Å². The first-order chi connectivity index (χ1) is 13.2. The number of benzene rings is 2. The lowest BCUT2D eigenvalue weighted by molar-refractivity contribution is 0.129. The standard InChI is InChI=1S/C22H30O5/c1-23-19-11-17(12-20(15-19)24-2)7-5-9-27-10-6-8-18-13-21(25-3)16-22(14-18)26-4/h11-16H,5-10H2,1-4H3. The molecule has 0 atom stereocenters. The quantitative estimate of drug-likeness (QED) is 0.518. The first-order valence-corrected chi connectivity index (χ1v) is 9.20. The smallest absolute Gasteiger partial charge is 0.122 e. The molecule has 0 saturated carbocycles. The van der Waals surface area contributed by atoms with Gasteiger partial charge in [-0.05, 0) is 61.1 Å². The van der Waals surface area contributed by atoms with E-state index in [1.807, 2.05) is 36.4 Å². The molecule has 0 radical (unpaired) electrons. The minimum Gasteiger partial charge on any atom is -0.497 e. The van der Waals surface area contributed by atoms with Crippen LogP contribution in [0.25, 0.3) is 0 Å². The Balaban J connectivity index is 1.68. The van der Waals surface area contributed by atoms with Crippen molar-refractivity contribution >= 4 is 0 Å². The summed E-state index contributed by atoms with van der Waals surface area (Å²) >= 11 is 0. The highest BCUT2D eigenvalue weighted by Crippen LogP contribution is 2.24. The molecule has 0 fully saturated rings. The first kappa shape index (κ1) is 20.9. The van der Waals surface area contributed by atoms with Crippen LogP contribution in [-0.2, 0) is 17.6 Å². The molecule has 0 aliphatic heterocycles. The van der Waals surface area contributed by atoms with Gasteiger partial charge in [-0.3, -0.25) is 0 Å². The van der Waals surface area contributed by atoms with Gasteiger partial charge >= 0.3 is 0 Å². The number of methoxy groups -OCH3 is 4. The number of hydrogen-bond acceptors (Lipinski definition) is 5. The monoisotopic (exact) mass is 374 g/mol. The fourth-order valence-electron chi connectivity index (χ4n) is 2.88. The zero-order valence-corrected chi connectivity index (χ0v) is 16.7. The van der Waals surface area contributed by atoms with E-state index in [-0.39, 0.29) is 0 Å². The summed E-state index contributed by atoms with van der Waals surface area (Å²) < 4.78 is 27.0. The van der Waals surface area contributed by atoms with Crippen molar-refractivity contribution in [3.05, 3.63) is 47.5 Å². The largest absolute Gasteiger partial charge is 0.497 e. The number of hydrogen-bond donors (Lipinski definition) is 0. The predicted molar refractivity (Wildman–Crippen MR) is 107 cm³/mol. The molecule has 148 valence electrons. The van der Waals surface area contributed by atoms with E-state index < -0.39 is 0 Å². The second-order valence-corrected chi connectivity index (χ2v) is 6.26. The van der Waals surface area contributed by atoms with E-state index in [0.717, 1.165) is 61.9 Å². The average Bonchev–Trinajstić information content (AvgIpc) is 2.72. The van der Waals surface area contributed by atoms with Gasteiger partial charge in [0.05, 0.1) is 28.4 Å². The van der Waals surface area contributed by atoms with Crippen molar-refractivity contribution < 1.29 is 23.7 Å². The fourth-order valence-corrected chi connectivity index (χ4v) is 2.88. The molecule has 0 spiro atoms. The van der Waals surface area contributed by atoms with Crippen LogP contribution in [0.15, 0.2) is 36.4 Å². The zero-order chi connectivity index (χ0) is 19.5. The summed E-state index contributed by atoms with van der Waals surface area (Å²) in [7, 11) is 6.66. The third kappa shape index (κ3) is 7.02. The van der Waals surface area contributed by atoms with Gasteiger partial charge in [0.25, 0.3) is 0 Å². The van der Waals surface area contributed by atoms with Gasteiger partial charge in [0.2, 0.25) is 0 Å². The molecule has 0 heterocycles. The van der Waals surface area contributed by atoms with E-state index in [4.69, 9.17) is 23.7 Å². The van der Waals surface area contributed by atoms with E-state index in [1.165, 1.54) is 11.1 Å². The van der Waals surface area contributed by atoms with E-state index in [2.05, 4.69) is 0 Å². The highest BCUT2D eigenvalue weighted by molar-refractivity contribution is 5.39. The van der Waals surface area contributed by atoms with Crippen molar-refractivity contribution in [2.24, 2.45) is 0 Å². The Morgan fingerprint density at radius 1 is 0.519 bits per heavy atom. The van der Waals surface area contributed by atoms with Crippen molar-refractivity contribution in [1.82, 2.24) is 0 Å². The van der Waals surface area contributed by atoms with Gasteiger partial charge in [-0.1, -0.05) is 0 Å². The predicted octanol–water partition coefficient (Wildman–Crippen LogP) is 4.30. The molecule has 2 aromatic carbocycles. The topological polar surface area (TPSA) is 46.2 Å². The summed E-state index contributed by atoms with van der Waals surface area (Å²) in [4.78, 5) is 0. The highest BCUT2D eigenvalue weighted by Gasteiger charge is 2.04. The number of aryl methyl sites for hydroxylation is 2. The Morgan fingerprint density at radius 2 is 0.852 bits per heavy atom. The third-order valence-corrected chi connectivity index (χ3v) is 4.33. The molecule has 0 amide bonds. The Morgan fingerprint density at radius 3 is 1.15 bits per heavy atom. The Bertz CT molecular complexity index is 595. The molecule has 0 N–H and O–H groups in total. The van der Waals surface area contributed by atoms with Crippen molar-refractivity contribution in [2.45, 2.75) is 25.7 Å². The number of ether oxygens (including phenoxy) is 5. The van der Waals surface area contributed by atoms with Crippen molar-refractivity contribution in [1.29, 1.82) is 0 Å². The summed E-state index contributed by atoms with van der Waals surface area (Å²) in [6.07, 6.45) is 3.79. The third-order valence-electron chi connectivity index (χ3n) is 4.33. The summed E-state index contributed by atoms with van der Waals surface area (Å²) in [6.45, 7) is 1.47. The second-order valence-electron chi connectivity index (χ2n) is 6.26. The van der Waals surface area contributed by atoms with Crippen molar-refractivity contribution in [3.63, 3.8) is 0 Å². The maximum absolute atomic E-state index is 5.78. The van der Waals surface area contributed by atoms with Crippen LogP contribution >= 0.6 is 0 Å². The summed E-state index contributed by atoms with van der Waals surface area (Å²) in [5.74, 6) is 3.27. The van der Waals surface area contributed by atoms with Crippen LogP contribution in [0.1, 0.15) is 24.0 Å². The average molecular weight is 374 g/mol. The maximum Gasteiger partial charge on any atom is 0.122 e. The molecule has 2 aromatic rings. The van der Waals surface area contributed by atoms with Crippen LogP contribution in [0.3, 0.4) is 0 Å². The minimum absolute atomic E-state index is 0.737. The molecule has 0 saturated heterocycles. The molecule has 0 bridgehead atoms. The van der Waals surface area contributed by atoms with E-state index in [0.29, 0.717) is 0 Å². The zero-order valence-electron chi connectivity index (χ0n) is 16.7. The Hall–Kier alpha value is -2.40. The minimum atomic E-state index is 0.737. The summed E-state index contributed by atoms with van der Waals surface area (Å²) in [5.41, 5.74) is 2.39. The van der Waals surface area contributed by atoms with Gasteiger partial charge in [-0.25, -0.2) is 0 Å². The van der Waals surface area contributed by atoms with Crippen LogP contribution in [-0.4, -0.2) is 41.7 Å². The summed E-state index contributed by atoms with van der Waals surface area (Å²) in [6, 6.07) is 11.9. The van der Waals surface area contributed by atoms with Crippen LogP contribution in [0.5, 0.6) is 23.0 Å². The molecule has 5 heteroatoms. The molecular formula is C22H30O5. The lowest BCUT2D eigenvalue weighted by atomic mass is 10.1.